The maximum Gasteiger partial charge on any atom is 0.410 e. The van der Waals surface area contributed by atoms with Gasteiger partial charge in [0.2, 0.25) is 0 Å². The lowest BCUT2D eigenvalue weighted by atomic mass is 9.98. The second kappa shape index (κ2) is 9.65. The predicted molar refractivity (Wildman–Crippen MR) is 123 cm³/mol. The first-order valence-corrected chi connectivity index (χ1v) is 10.5. The fourth-order valence-corrected chi connectivity index (χ4v) is 4.22. The van der Waals surface area contributed by atoms with E-state index in [1.807, 2.05) is 36.4 Å². The van der Waals surface area contributed by atoms with E-state index in [-0.39, 0.29) is 19.1 Å². The minimum Gasteiger partial charge on any atom is -0.497 e. The topological polar surface area (TPSA) is 85.3 Å². The number of carboxylic acids is 1. The molecule has 1 N–H and O–H groups in total. The molecular weight excluding hydrogens is 422 g/mol. The van der Waals surface area contributed by atoms with Crippen molar-refractivity contribution in [1.82, 2.24) is 4.90 Å². The molecule has 0 heterocycles. The van der Waals surface area contributed by atoms with E-state index in [2.05, 4.69) is 12.1 Å². The maximum absolute atomic E-state index is 13.0. The van der Waals surface area contributed by atoms with Gasteiger partial charge in [0.15, 0.2) is 0 Å². The van der Waals surface area contributed by atoms with Gasteiger partial charge in [-0.15, -0.1) is 0 Å². The van der Waals surface area contributed by atoms with E-state index in [0.29, 0.717) is 17.1 Å². The molecular formula is C26H25NO6. The molecule has 1 aliphatic carbocycles. The molecule has 0 fully saturated rings. The third kappa shape index (κ3) is 4.62. The van der Waals surface area contributed by atoms with Crippen LogP contribution in [0.3, 0.4) is 0 Å². The summed E-state index contributed by atoms with van der Waals surface area (Å²) in [7, 11) is 3.05. The lowest BCUT2D eigenvalue weighted by Crippen LogP contribution is -2.36. The highest BCUT2D eigenvalue weighted by molar-refractivity contribution is 5.79. The molecule has 3 aromatic rings. The van der Waals surface area contributed by atoms with Gasteiger partial charge in [0.05, 0.1) is 20.8 Å². The van der Waals surface area contributed by atoms with Crippen molar-refractivity contribution in [3.8, 4) is 22.6 Å². The summed E-state index contributed by atoms with van der Waals surface area (Å²) in [4.78, 5) is 25.6. The van der Waals surface area contributed by atoms with Gasteiger partial charge in [-0.05, 0) is 34.4 Å². The molecule has 3 aromatic carbocycles. The molecule has 33 heavy (non-hydrogen) atoms. The van der Waals surface area contributed by atoms with Gasteiger partial charge in [0.1, 0.15) is 24.7 Å². The molecule has 0 aromatic heterocycles. The Bertz CT molecular complexity index is 1130. The summed E-state index contributed by atoms with van der Waals surface area (Å²) in [6.07, 6.45) is -0.697. The molecule has 0 bridgehead atoms. The van der Waals surface area contributed by atoms with Crippen LogP contribution in [0.15, 0.2) is 66.7 Å². The van der Waals surface area contributed by atoms with Crippen LogP contribution in [0.25, 0.3) is 11.1 Å². The summed E-state index contributed by atoms with van der Waals surface area (Å²) < 4.78 is 16.2. The van der Waals surface area contributed by atoms with Gasteiger partial charge < -0.3 is 19.3 Å². The van der Waals surface area contributed by atoms with Crippen LogP contribution in [0.5, 0.6) is 11.5 Å². The number of carbonyl (C=O) groups is 2. The predicted octanol–water partition coefficient (Wildman–Crippen LogP) is 4.54. The number of nitrogens with zero attached hydrogens (tertiary/aromatic N) is 1. The maximum atomic E-state index is 13.0. The zero-order valence-electron chi connectivity index (χ0n) is 18.5. The number of carbonyl (C=O) groups excluding carboxylic acids is 1. The van der Waals surface area contributed by atoms with Crippen molar-refractivity contribution >= 4 is 12.1 Å². The smallest absolute Gasteiger partial charge is 0.410 e. The van der Waals surface area contributed by atoms with Crippen LogP contribution in [0, 0.1) is 0 Å². The van der Waals surface area contributed by atoms with E-state index in [1.165, 1.54) is 7.11 Å². The third-order valence-corrected chi connectivity index (χ3v) is 5.78. The van der Waals surface area contributed by atoms with Gasteiger partial charge in [-0.25, -0.2) is 4.79 Å². The molecule has 1 amide bonds. The normalized spacial score (nSPS) is 11.9. The number of amides is 1. The summed E-state index contributed by atoms with van der Waals surface area (Å²) in [5, 5.41) is 9.36. The Morgan fingerprint density at radius 3 is 2.12 bits per heavy atom. The first-order chi connectivity index (χ1) is 16.0. The van der Waals surface area contributed by atoms with Crippen molar-refractivity contribution < 1.29 is 28.9 Å². The Labute approximate surface area is 192 Å². The third-order valence-electron chi connectivity index (χ3n) is 5.78. The Morgan fingerprint density at radius 2 is 1.55 bits per heavy atom. The van der Waals surface area contributed by atoms with Gasteiger partial charge in [-0.3, -0.25) is 9.69 Å². The number of benzene rings is 3. The fourth-order valence-electron chi connectivity index (χ4n) is 4.22. The molecule has 4 rings (SSSR count). The molecule has 0 spiro atoms. The van der Waals surface area contributed by atoms with Crippen molar-refractivity contribution in [1.29, 1.82) is 0 Å². The van der Waals surface area contributed by atoms with Crippen LogP contribution in [-0.2, 0) is 16.1 Å². The largest absolute Gasteiger partial charge is 0.497 e. The Hall–Kier alpha value is -4.00. The highest BCUT2D eigenvalue weighted by Gasteiger charge is 2.30. The summed E-state index contributed by atoms with van der Waals surface area (Å²) in [5.74, 6) is -0.141. The van der Waals surface area contributed by atoms with E-state index in [1.54, 1.807) is 25.3 Å². The number of aliphatic carboxylic acids is 1. The number of hydrogen-bond donors (Lipinski definition) is 1. The van der Waals surface area contributed by atoms with Crippen molar-refractivity contribution in [3.05, 3.63) is 83.4 Å². The standard InChI is InChI=1S/C26H25NO6/c1-31-18-12-11-17(24(13-18)32-2)14-27(15-25(28)29)26(30)33-16-23-21-9-5-3-7-19(21)20-8-4-6-10-22(20)23/h3-13,23H,14-16H2,1-2H3,(H,28,29). The second-order valence-electron chi connectivity index (χ2n) is 7.73. The molecule has 0 unspecified atom stereocenters. The molecule has 0 aliphatic heterocycles. The van der Waals surface area contributed by atoms with Crippen LogP contribution in [-0.4, -0.2) is 49.4 Å². The summed E-state index contributed by atoms with van der Waals surface area (Å²) in [6, 6.07) is 21.2. The van der Waals surface area contributed by atoms with E-state index < -0.39 is 18.6 Å². The van der Waals surface area contributed by atoms with Gasteiger partial charge in [-0.1, -0.05) is 48.5 Å². The zero-order valence-corrected chi connectivity index (χ0v) is 18.5. The average molecular weight is 447 g/mol. The minimum absolute atomic E-state index is 0.0239. The van der Waals surface area contributed by atoms with E-state index in [9.17, 15) is 14.7 Å². The fraction of sp³-hybridized carbons (Fsp3) is 0.231. The number of fused-ring (bicyclic) bond motifs is 3. The highest BCUT2D eigenvalue weighted by atomic mass is 16.6. The highest BCUT2D eigenvalue weighted by Crippen LogP contribution is 2.44. The first kappa shape index (κ1) is 22.2. The van der Waals surface area contributed by atoms with Crippen LogP contribution >= 0.6 is 0 Å². The van der Waals surface area contributed by atoms with Crippen molar-refractivity contribution in [2.75, 3.05) is 27.4 Å². The van der Waals surface area contributed by atoms with Gasteiger partial charge in [-0.2, -0.15) is 0 Å². The van der Waals surface area contributed by atoms with Crippen LogP contribution in [0.1, 0.15) is 22.6 Å². The first-order valence-electron chi connectivity index (χ1n) is 10.5. The van der Waals surface area contributed by atoms with Gasteiger partial charge >= 0.3 is 12.1 Å². The van der Waals surface area contributed by atoms with Crippen molar-refractivity contribution in [2.24, 2.45) is 0 Å². The second-order valence-corrected chi connectivity index (χ2v) is 7.73. The number of methoxy groups -OCH3 is 2. The SMILES string of the molecule is COc1ccc(CN(CC(=O)O)C(=O)OCC2c3ccccc3-c3ccccc32)c(OC)c1. The zero-order chi connectivity index (χ0) is 23.4. The molecule has 7 nitrogen and oxygen atoms in total. The number of carboxylic acid groups (broad SMARTS) is 1. The average Bonchev–Trinajstić information content (AvgIpc) is 3.15. The number of rotatable bonds is 8. The van der Waals surface area contributed by atoms with Gasteiger partial charge in [0.25, 0.3) is 0 Å². The monoisotopic (exact) mass is 447 g/mol. The van der Waals surface area contributed by atoms with Crippen LogP contribution < -0.4 is 9.47 Å². The van der Waals surface area contributed by atoms with Crippen molar-refractivity contribution in [2.45, 2.75) is 12.5 Å². The van der Waals surface area contributed by atoms with E-state index in [4.69, 9.17) is 14.2 Å². The van der Waals surface area contributed by atoms with Crippen LogP contribution in [0.2, 0.25) is 0 Å². The lowest BCUT2D eigenvalue weighted by molar-refractivity contribution is -0.138. The van der Waals surface area contributed by atoms with Gasteiger partial charge in [0, 0.05) is 17.5 Å². The quantitative estimate of drug-likeness (QED) is 0.546. The van der Waals surface area contributed by atoms with E-state index >= 15 is 0 Å². The summed E-state index contributed by atoms with van der Waals surface area (Å²) in [6.45, 7) is -0.356. The molecule has 0 saturated heterocycles. The molecule has 0 atom stereocenters. The Balaban J connectivity index is 1.53. The Morgan fingerprint density at radius 1 is 0.909 bits per heavy atom. The number of ether oxygens (including phenoxy) is 3. The molecule has 0 saturated carbocycles. The molecule has 7 heteroatoms. The molecule has 1 aliphatic rings. The summed E-state index contributed by atoms with van der Waals surface area (Å²) >= 11 is 0. The lowest BCUT2D eigenvalue weighted by Gasteiger charge is -2.23. The Kier molecular flexibility index (Phi) is 6.49. The van der Waals surface area contributed by atoms with Crippen LogP contribution in [0.4, 0.5) is 4.79 Å². The molecule has 170 valence electrons. The number of hydrogen-bond acceptors (Lipinski definition) is 5. The van der Waals surface area contributed by atoms with E-state index in [0.717, 1.165) is 27.2 Å². The molecule has 0 radical (unpaired) electrons. The summed E-state index contributed by atoms with van der Waals surface area (Å²) in [5.41, 5.74) is 5.08. The minimum atomic E-state index is -1.13. The van der Waals surface area contributed by atoms with Crippen molar-refractivity contribution in [3.63, 3.8) is 0 Å².